The molecule has 1 saturated heterocycles. The Morgan fingerprint density at radius 3 is 2.35 bits per heavy atom. The molecule has 156 valence electrons. The van der Waals surface area contributed by atoms with Crippen molar-refractivity contribution < 1.29 is 4.79 Å². The molecule has 0 saturated carbocycles. The molecule has 1 atom stereocenters. The Morgan fingerprint density at radius 1 is 0.903 bits per heavy atom. The molecule has 1 unspecified atom stereocenters. The summed E-state index contributed by atoms with van der Waals surface area (Å²) >= 11 is 0. The number of nitriles is 1. The van der Waals surface area contributed by atoms with Crippen LogP contribution in [0.1, 0.15) is 44.2 Å². The van der Waals surface area contributed by atoms with Gasteiger partial charge in [0.15, 0.2) is 0 Å². The van der Waals surface area contributed by atoms with Crippen LogP contribution in [0.2, 0.25) is 0 Å². The minimum atomic E-state index is -0.000234. The zero-order valence-electron chi connectivity index (χ0n) is 18.1. The maximum Gasteiger partial charge on any atom is 0.253 e. The van der Waals surface area contributed by atoms with Gasteiger partial charge in [-0.15, -0.1) is 0 Å². The maximum absolute atomic E-state index is 13.0. The fourth-order valence-corrected chi connectivity index (χ4v) is 4.36. The van der Waals surface area contributed by atoms with E-state index in [0.29, 0.717) is 24.2 Å². The molecule has 0 spiro atoms. The predicted molar refractivity (Wildman–Crippen MR) is 123 cm³/mol. The smallest absolute Gasteiger partial charge is 0.253 e. The lowest BCUT2D eigenvalue weighted by atomic mass is 9.92. The van der Waals surface area contributed by atoms with Crippen LogP contribution < -0.4 is 0 Å². The number of carbonyl (C=O) groups excluding carboxylic acids is 1. The van der Waals surface area contributed by atoms with Gasteiger partial charge in [0.2, 0.25) is 0 Å². The highest BCUT2D eigenvalue weighted by atomic mass is 16.2. The van der Waals surface area contributed by atoms with E-state index >= 15 is 0 Å². The lowest BCUT2D eigenvalue weighted by Gasteiger charge is -2.40. The Bertz CT molecular complexity index is 1110. The number of carbonyl (C=O) groups is 1. The zero-order valence-corrected chi connectivity index (χ0v) is 18.1. The summed E-state index contributed by atoms with van der Waals surface area (Å²) in [5, 5.41) is 9.13. The molecule has 1 aliphatic heterocycles. The zero-order chi connectivity index (χ0) is 21.8. The highest BCUT2D eigenvalue weighted by molar-refractivity contribution is 5.94. The first-order valence-corrected chi connectivity index (χ1v) is 10.7. The van der Waals surface area contributed by atoms with Gasteiger partial charge < -0.3 is 4.90 Å². The van der Waals surface area contributed by atoms with E-state index in [9.17, 15) is 4.79 Å². The normalized spacial score (nSPS) is 15.3. The number of piperazine rings is 1. The second kappa shape index (κ2) is 9.16. The van der Waals surface area contributed by atoms with Crippen LogP contribution in [-0.2, 0) is 0 Å². The van der Waals surface area contributed by atoms with E-state index < -0.39 is 0 Å². The summed E-state index contributed by atoms with van der Waals surface area (Å²) in [6.45, 7) is 7.25. The number of benzene rings is 3. The van der Waals surface area contributed by atoms with Gasteiger partial charge in [-0.05, 0) is 48.7 Å². The average molecular weight is 410 g/mol. The Balaban J connectivity index is 1.56. The third kappa shape index (κ3) is 4.52. The molecule has 3 aromatic rings. The molecular weight excluding hydrogens is 382 g/mol. The van der Waals surface area contributed by atoms with Crippen molar-refractivity contribution in [3.05, 3.63) is 106 Å². The van der Waals surface area contributed by atoms with Gasteiger partial charge in [-0.3, -0.25) is 9.69 Å². The molecule has 31 heavy (non-hydrogen) atoms. The number of nitrogens with zero attached hydrogens (tertiary/aromatic N) is 3. The van der Waals surface area contributed by atoms with Crippen LogP contribution in [0.5, 0.6) is 0 Å². The molecule has 1 aliphatic rings. The topological polar surface area (TPSA) is 47.3 Å². The molecule has 4 nitrogen and oxygen atoms in total. The summed E-state index contributed by atoms with van der Waals surface area (Å²) in [6.07, 6.45) is 0. The van der Waals surface area contributed by atoms with Crippen molar-refractivity contribution in [2.75, 3.05) is 26.2 Å². The molecule has 0 aliphatic carbocycles. The molecule has 4 heteroatoms. The largest absolute Gasteiger partial charge is 0.336 e. The van der Waals surface area contributed by atoms with Gasteiger partial charge in [-0.2, -0.15) is 5.26 Å². The van der Waals surface area contributed by atoms with Crippen molar-refractivity contribution >= 4 is 5.91 Å². The van der Waals surface area contributed by atoms with Crippen LogP contribution in [0.4, 0.5) is 0 Å². The second-order valence-electron chi connectivity index (χ2n) is 8.19. The number of hydrogen-bond acceptors (Lipinski definition) is 3. The molecule has 1 fully saturated rings. The Kier molecular flexibility index (Phi) is 6.16. The van der Waals surface area contributed by atoms with E-state index in [1.165, 1.54) is 22.3 Å². The van der Waals surface area contributed by atoms with Gasteiger partial charge in [-0.25, -0.2) is 0 Å². The van der Waals surface area contributed by atoms with E-state index in [0.717, 1.165) is 13.1 Å². The van der Waals surface area contributed by atoms with Crippen molar-refractivity contribution in [2.24, 2.45) is 0 Å². The highest BCUT2D eigenvalue weighted by Gasteiger charge is 2.29. The minimum absolute atomic E-state index is 0.000234. The van der Waals surface area contributed by atoms with Gasteiger partial charge in [0, 0.05) is 31.7 Å². The van der Waals surface area contributed by atoms with Crippen LogP contribution in [0, 0.1) is 25.2 Å². The first-order chi connectivity index (χ1) is 15.1. The molecule has 1 amide bonds. The highest BCUT2D eigenvalue weighted by Crippen LogP contribution is 2.32. The Labute approximate surface area is 184 Å². The Morgan fingerprint density at radius 2 is 1.65 bits per heavy atom. The van der Waals surface area contributed by atoms with E-state index in [4.69, 9.17) is 5.26 Å². The fraction of sp³-hybridized carbons (Fsp3) is 0.259. The maximum atomic E-state index is 13.0. The van der Waals surface area contributed by atoms with Crippen LogP contribution in [0.3, 0.4) is 0 Å². The summed E-state index contributed by atoms with van der Waals surface area (Å²) in [6, 6.07) is 26.5. The third-order valence-electron chi connectivity index (χ3n) is 6.05. The minimum Gasteiger partial charge on any atom is -0.336 e. The Hall–Kier alpha value is -3.42. The third-order valence-corrected chi connectivity index (χ3v) is 6.05. The van der Waals surface area contributed by atoms with E-state index in [1.807, 2.05) is 4.90 Å². The van der Waals surface area contributed by atoms with Gasteiger partial charge >= 0.3 is 0 Å². The summed E-state index contributed by atoms with van der Waals surface area (Å²) < 4.78 is 0. The van der Waals surface area contributed by atoms with E-state index in [2.05, 4.69) is 73.3 Å². The molecule has 1 heterocycles. The summed E-state index contributed by atoms with van der Waals surface area (Å²) in [5.74, 6) is -0.000234. The van der Waals surface area contributed by atoms with Crippen molar-refractivity contribution in [3.8, 4) is 6.07 Å². The predicted octanol–water partition coefficient (Wildman–Crippen LogP) is 4.72. The average Bonchev–Trinajstić information content (AvgIpc) is 2.82. The van der Waals surface area contributed by atoms with Crippen molar-refractivity contribution in [2.45, 2.75) is 19.9 Å². The molecule has 0 aromatic heterocycles. The number of hydrogen-bond donors (Lipinski definition) is 0. The molecule has 0 radical (unpaired) electrons. The van der Waals surface area contributed by atoms with Crippen LogP contribution in [0.25, 0.3) is 0 Å². The quantitative estimate of drug-likeness (QED) is 0.626. The molecule has 0 bridgehead atoms. The van der Waals surface area contributed by atoms with Crippen LogP contribution in [0.15, 0.2) is 72.8 Å². The summed E-state index contributed by atoms with van der Waals surface area (Å²) in [4.78, 5) is 17.4. The number of rotatable bonds is 4. The van der Waals surface area contributed by atoms with Crippen molar-refractivity contribution in [3.63, 3.8) is 0 Å². The van der Waals surface area contributed by atoms with E-state index in [1.54, 1.807) is 24.3 Å². The molecule has 4 rings (SSSR count). The lowest BCUT2D eigenvalue weighted by Crippen LogP contribution is -2.50. The first-order valence-electron chi connectivity index (χ1n) is 10.7. The molecule has 3 aromatic carbocycles. The molecular formula is C27H27N3O. The second-order valence-corrected chi connectivity index (χ2v) is 8.19. The SMILES string of the molecule is Cc1ccc(C)c(C(c2ccccc2)N2CCN(C(=O)c3cccc(C#N)c3)CC2)c1. The van der Waals surface area contributed by atoms with Gasteiger partial charge in [0.25, 0.3) is 5.91 Å². The van der Waals surface area contributed by atoms with Crippen molar-refractivity contribution in [1.29, 1.82) is 5.26 Å². The summed E-state index contributed by atoms with van der Waals surface area (Å²) in [5.41, 5.74) is 6.24. The first kappa shape index (κ1) is 20.8. The monoisotopic (exact) mass is 409 g/mol. The van der Waals surface area contributed by atoms with E-state index in [-0.39, 0.29) is 11.9 Å². The van der Waals surface area contributed by atoms with Crippen molar-refractivity contribution in [1.82, 2.24) is 9.80 Å². The number of aryl methyl sites for hydroxylation is 2. The summed E-state index contributed by atoms with van der Waals surface area (Å²) in [7, 11) is 0. The lowest BCUT2D eigenvalue weighted by molar-refractivity contribution is 0.0597. The van der Waals surface area contributed by atoms with Crippen LogP contribution >= 0.6 is 0 Å². The molecule has 0 N–H and O–H groups in total. The van der Waals surface area contributed by atoms with Gasteiger partial charge in [0.05, 0.1) is 17.7 Å². The van der Waals surface area contributed by atoms with Gasteiger partial charge in [-0.1, -0.05) is 60.2 Å². The standard InChI is InChI=1S/C27H27N3O/c1-20-11-12-21(2)25(17-20)26(23-8-4-3-5-9-23)29-13-15-30(16-14-29)27(31)24-10-6-7-22(18-24)19-28/h3-12,17-18,26H,13-16H2,1-2H3. The fourth-order valence-electron chi connectivity index (χ4n) is 4.36. The number of amides is 1. The van der Waals surface area contributed by atoms with Gasteiger partial charge in [0.1, 0.15) is 0 Å². The van der Waals surface area contributed by atoms with Crippen LogP contribution in [-0.4, -0.2) is 41.9 Å².